The lowest BCUT2D eigenvalue weighted by atomic mass is 10.1. The van der Waals surface area contributed by atoms with E-state index in [2.05, 4.69) is 20.6 Å². The van der Waals surface area contributed by atoms with Crippen molar-refractivity contribution in [2.24, 2.45) is 0 Å². The lowest BCUT2D eigenvalue weighted by Crippen LogP contribution is -2.33. The van der Waals surface area contributed by atoms with E-state index < -0.39 is 31.1 Å². The highest BCUT2D eigenvalue weighted by molar-refractivity contribution is 6.30. The van der Waals surface area contributed by atoms with Crippen LogP contribution in [-0.4, -0.2) is 66.3 Å². The molecule has 0 radical (unpaired) electrons. The number of pyridine rings is 1. The van der Waals surface area contributed by atoms with Crippen molar-refractivity contribution in [3.05, 3.63) is 11.2 Å². The third-order valence-electron chi connectivity index (χ3n) is 4.87. The fourth-order valence-electron chi connectivity index (χ4n) is 3.54. The predicted molar refractivity (Wildman–Crippen MR) is 89.2 cm³/mol. The van der Waals surface area contributed by atoms with Crippen LogP contribution >= 0.6 is 11.6 Å². The molecule has 4 rings (SSSR count). The van der Waals surface area contributed by atoms with Crippen molar-refractivity contribution in [3.63, 3.8) is 0 Å². The second-order valence-corrected chi connectivity index (χ2v) is 6.94. The van der Waals surface area contributed by atoms with Crippen molar-refractivity contribution in [1.29, 1.82) is 0 Å². The molecule has 0 amide bonds. The molecule has 2 aliphatic rings. The van der Waals surface area contributed by atoms with Gasteiger partial charge in [-0.3, -0.25) is 0 Å². The molecule has 1 aliphatic heterocycles. The molecule has 1 aliphatic carbocycles. The molecule has 1 saturated heterocycles. The van der Waals surface area contributed by atoms with Crippen molar-refractivity contribution in [3.8, 4) is 0 Å². The molecule has 2 fully saturated rings. The number of aliphatic hydroxyl groups is 3. The summed E-state index contributed by atoms with van der Waals surface area (Å²) in [4.78, 5) is 4.25. The normalized spacial score (nSPS) is 30.4. The summed E-state index contributed by atoms with van der Waals surface area (Å²) < 4.78 is 6.80. The van der Waals surface area contributed by atoms with Crippen LogP contribution < -0.4 is 5.32 Å². The Morgan fingerprint density at radius 3 is 2.72 bits per heavy atom. The van der Waals surface area contributed by atoms with Crippen LogP contribution in [0.3, 0.4) is 0 Å². The molecule has 2 aromatic heterocycles. The van der Waals surface area contributed by atoms with Crippen LogP contribution in [-0.2, 0) is 4.74 Å². The number of aliphatic hydroxyl groups excluding tert-OH is 3. The van der Waals surface area contributed by atoms with Gasteiger partial charge in [0.05, 0.1) is 12.3 Å². The lowest BCUT2D eigenvalue weighted by Gasteiger charge is -2.16. The van der Waals surface area contributed by atoms with Crippen molar-refractivity contribution < 1.29 is 20.1 Å². The highest BCUT2D eigenvalue weighted by atomic mass is 35.5. The number of aromatic nitrogens is 4. The Balaban J connectivity index is 1.70. The molecule has 3 heterocycles. The zero-order chi connectivity index (χ0) is 17.6. The zero-order valence-electron chi connectivity index (χ0n) is 13.4. The second-order valence-electron chi connectivity index (χ2n) is 6.55. The van der Waals surface area contributed by atoms with Gasteiger partial charge >= 0.3 is 0 Å². The third-order valence-corrected chi connectivity index (χ3v) is 5.07. The number of rotatable bonds is 4. The van der Waals surface area contributed by atoms with Gasteiger partial charge in [-0.25, -0.2) is 4.98 Å². The standard InChI is InChI=1S/C15H20ClN5O4/c16-10-5-8(17-7-3-1-2-4-7)11-14(18-10)21(20-19-11)15-13(24)12(23)9(6-22)25-15/h5,7,9,12-13,15,22-24H,1-4,6H2,(H,17,18)/t9-,12-,13-,15-/m1/s1. The minimum atomic E-state index is -1.26. The van der Waals surface area contributed by atoms with Gasteiger partial charge in [0.25, 0.3) is 0 Å². The molecule has 0 unspecified atom stereocenters. The van der Waals surface area contributed by atoms with E-state index in [1.54, 1.807) is 6.07 Å². The van der Waals surface area contributed by atoms with Crippen molar-refractivity contribution in [1.82, 2.24) is 20.0 Å². The van der Waals surface area contributed by atoms with E-state index in [9.17, 15) is 15.3 Å². The average Bonchev–Trinajstić information content (AvgIpc) is 3.29. The van der Waals surface area contributed by atoms with E-state index in [0.717, 1.165) is 18.5 Å². The quantitative estimate of drug-likeness (QED) is 0.572. The van der Waals surface area contributed by atoms with Gasteiger partial charge < -0.3 is 25.4 Å². The Bertz CT molecular complexity index is 766. The summed E-state index contributed by atoms with van der Waals surface area (Å²) in [5.74, 6) is 0. The summed E-state index contributed by atoms with van der Waals surface area (Å²) in [7, 11) is 0. The van der Waals surface area contributed by atoms with Crippen LogP contribution in [0.25, 0.3) is 11.2 Å². The van der Waals surface area contributed by atoms with E-state index in [0.29, 0.717) is 17.2 Å². The van der Waals surface area contributed by atoms with E-state index in [-0.39, 0.29) is 5.15 Å². The van der Waals surface area contributed by atoms with Gasteiger partial charge in [-0.05, 0) is 12.8 Å². The first-order valence-electron chi connectivity index (χ1n) is 8.39. The first-order chi connectivity index (χ1) is 12.1. The first-order valence-corrected chi connectivity index (χ1v) is 8.76. The minimum absolute atomic E-state index is 0.267. The van der Waals surface area contributed by atoms with Gasteiger partial charge in [0.1, 0.15) is 23.5 Å². The van der Waals surface area contributed by atoms with Crippen molar-refractivity contribution in [2.45, 2.75) is 56.3 Å². The number of ether oxygens (including phenoxy) is 1. The molecule has 9 nitrogen and oxygen atoms in total. The van der Waals surface area contributed by atoms with Gasteiger partial charge in [-0.1, -0.05) is 29.7 Å². The molecule has 2 aromatic rings. The van der Waals surface area contributed by atoms with Crippen molar-refractivity contribution in [2.75, 3.05) is 11.9 Å². The Morgan fingerprint density at radius 2 is 2.04 bits per heavy atom. The van der Waals surface area contributed by atoms with Crippen LogP contribution in [0.2, 0.25) is 5.15 Å². The number of fused-ring (bicyclic) bond motifs is 1. The summed E-state index contributed by atoms with van der Waals surface area (Å²) in [6.07, 6.45) is 0.189. The lowest BCUT2D eigenvalue weighted by molar-refractivity contribution is -0.0574. The number of halogens is 1. The highest BCUT2D eigenvalue weighted by Gasteiger charge is 2.44. The van der Waals surface area contributed by atoms with Gasteiger partial charge in [-0.2, -0.15) is 4.68 Å². The van der Waals surface area contributed by atoms with Crippen LogP contribution in [0.15, 0.2) is 6.07 Å². The van der Waals surface area contributed by atoms with Crippen LogP contribution in [0.1, 0.15) is 31.9 Å². The van der Waals surface area contributed by atoms with E-state index >= 15 is 0 Å². The number of nitrogens with one attached hydrogen (secondary N) is 1. The van der Waals surface area contributed by atoms with Gasteiger partial charge in [-0.15, -0.1) is 5.10 Å². The maximum Gasteiger partial charge on any atom is 0.184 e. The van der Waals surface area contributed by atoms with E-state index in [4.69, 9.17) is 16.3 Å². The van der Waals surface area contributed by atoms with Gasteiger partial charge in [0.2, 0.25) is 0 Å². The molecule has 4 atom stereocenters. The molecule has 1 saturated carbocycles. The zero-order valence-corrected chi connectivity index (χ0v) is 14.2. The maximum atomic E-state index is 10.2. The minimum Gasteiger partial charge on any atom is -0.394 e. The Labute approximate surface area is 148 Å². The summed E-state index contributed by atoms with van der Waals surface area (Å²) in [5.41, 5.74) is 1.61. The number of hydrogen-bond acceptors (Lipinski definition) is 8. The smallest absolute Gasteiger partial charge is 0.184 e. The first kappa shape index (κ1) is 16.9. The fourth-order valence-corrected chi connectivity index (χ4v) is 3.73. The molecule has 25 heavy (non-hydrogen) atoms. The van der Waals surface area contributed by atoms with E-state index in [1.807, 2.05) is 0 Å². The highest BCUT2D eigenvalue weighted by Crippen LogP contribution is 2.33. The van der Waals surface area contributed by atoms with Gasteiger partial charge in [0.15, 0.2) is 17.4 Å². The monoisotopic (exact) mass is 369 g/mol. The molecule has 136 valence electrons. The maximum absolute atomic E-state index is 10.2. The SMILES string of the molecule is OC[C@H]1O[C@@H](n2nnc3c(NC4CCCC4)cc(Cl)nc32)[C@H](O)[C@@H]1O. The molecule has 4 N–H and O–H groups in total. The summed E-state index contributed by atoms with van der Waals surface area (Å²) in [6.45, 7) is -0.413. The molecular weight excluding hydrogens is 350 g/mol. The molecule has 10 heteroatoms. The fraction of sp³-hybridized carbons (Fsp3) is 0.667. The van der Waals surface area contributed by atoms with Crippen LogP contribution in [0.4, 0.5) is 5.69 Å². The second kappa shape index (κ2) is 6.65. The number of nitrogens with zero attached hydrogens (tertiary/aromatic N) is 4. The van der Waals surface area contributed by atoms with Crippen LogP contribution in [0, 0.1) is 0 Å². The van der Waals surface area contributed by atoms with Crippen molar-refractivity contribution >= 4 is 28.5 Å². The summed E-state index contributed by atoms with van der Waals surface area (Å²) in [6, 6.07) is 2.07. The largest absolute Gasteiger partial charge is 0.394 e. The van der Waals surface area contributed by atoms with E-state index in [1.165, 1.54) is 17.5 Å². The average molecular weight is 370 g/mol. The van der Waals surface area contributed by atoms with Gasteiger partial charge in [0, 0.05) is 12.1 Å². The molecule has 0 aromatic carbocycles. The number of anilines is 1. The number of hydrogen-bond donors (Lipinski definition) is 4. The molecule has 0 spiro atoms. The third kappa shape index (κ3) is 2.96. The Kier molecular flexibility index (Phi) is 4.50. The summed E-state index contributed by atoms with van der Waals surface area (Å²) >= 11 is 6.15. The Hall–Kier alpha value is -1.52. The topological polar surface area (TPSA) is 126 Å². The molecule has 0 bridgehead atoms. The Morgan fingerprint density at radius 1 is 1.28 bits per heavy atom. The molecular formula is C15H20ClN5O4. The van der Waals surface area contributed by atoms with Crippen LogP contribution in [0.5, 0.6) is 0 Å². The predicted octanol–water partition coefficient (Wildman–Crippen LogP) is 0.446. The summed E-state index contributed by atoms with van der Waals surface area (Å²) in [5, 5.41) is 41.3.